The summed E-state index contributed by atoms with van der Waals surface area (Å²) in [7, 11) is 0. The third-order valence-corrected chi connectivity index (χ3v) is 10.6. The lowest BCUT2D eigenvalue weighted by atomic mass is 9.79. The number of nitrogens with zero attached hydrogens (tertiary/aromatic N) is 3. The minimum Gasteiger partial charge on any atom is -0.329 e. The molecule has 3 aliphatic carbocycles. The summed E-state index contributed by atoms with van der Waals surface area (Å²) in [6.07, 6.45) is 19.1. The highest BCUT2D eigenvalue weighted by Gasteiger charge is 2.31. The van der Waals surface area contributed by atoms with Crippen LogP contribution < -0.4 is 0 Å². The van der Waals surface area contributed by atoms with Gasteiger partial charge < -0.3 is 9.13 Å². The molecule has 3 aliphatic rings. The van der Waals surface area contributed by atoms with Crippen molar-refractivity contribution in [2.45, 2.75) is 26.3 Å². The standard InChI is InChI=1S/C43H31N3.C6H6.C2H4/c1-43(2)22-7-3-4-9-31-23-33(26-38(31)43)46-40-13-8-11-35(40)37-25-30(17-21-42(37)46)29-16-20-41-36(24-29)34-10-5-6-12-39(34)45(41)32-18-14-28(27-44)15-19-32;1-2-4-6-5-3-1;1-2/h3-7,10-26,33H,9H2,1-2H3;1-6H;1-2H2/b4-3-,22-7-;;. The third kappa shape index (κ3) is 6.00. The summed E-state index contributed by atoms with van der Waals surface area (Å²) in [5.41, 5.74) is 16.4. The molecule has 0 amide bonds. The fraction of sp³-hybridized carbons (Fsp3) is 0.0980. The fourth-order valence-electron chi connectivity index (χ4n) is 8.10. The number of fused-ring (bicyclic) bond motifs is 7. The molecule has 5 aromatic carbocycles. The number of rotatable bonds is 3. The predicted octanol–water partition coefficient (Wildman–Crippen LogP) is 13.4. The van der Waals surface area contributed by atoms with E-state index in [2.05, 4.69) is 157 Å². The largest absolute Gasteiger partial charge is 0.329 e. The molecule has 260 valence electrons. The van der Waals surface area contributed by atoms with Crippen LogP contribution in [0.1, 0.15) is 43.1 Å². The molecule has 0 bridgehead atoms. The molecular weight excluding hydrogens is 655 g/mol. The van der Waals surface area contributed by atoms with Crippen molar-refractivity contribution in [1.29, 1.82) is 5.26 Å². The zero-order valence-corrected chi connectivity index (χ0v) is 30.7. The number of benzene rings is 5. The highest BCUT2D eigenvalue weighted by molar-refractivity contribution is 6.10. The van der Waals surface area contributed by atoms with Crippen LogP contribution in [0.3, 0.4) is 0 Å². The Labute approximate surface area is 317 Å². The molecule has 3 nitrogen and oxygen atoms in total. The maximum absolute atomic E-state index is 9.32. The molecular formula is C51H41N3. The van der Waals surface area contributed by atoms with E-state index >= 15 is 0 Å². The van der Waals surface area contributed by atoms with Gasteiger partial charge >= 0.3 is 0 Å². The van der Waals surface area contributed by atoms with Gasteiger partial charge in [-0.1, -0.05) is 117 Å². The van der Waals surface area contributed by atoms with E-state index in [0.29, 0.717) is 5.56 Å². The van der Waals surface area contributed by atoms with Crippen LogP contribution in [0.2, 0.25) is 0 Å². The van der Waals surface area contributed by atoms with E-state index in [0.717, 1.165) is 23.1 Å². The summed E-state index contributed by atoms with van der Waals surface area (Å²) in [4.78, 5) is 0. The van der Waals surface area contributed by atoms with Crippen molar-refractivity contribution in [2.75, 3.05) is 0 Å². The molecule has 0 aliphatic heterocycles. The molecule has 0 fully saturated rings. The average molecular weight is 696 g/mol. The van der Waals surface area contributed by atoms with Gasteiger partial charge in [0.2, 0.25) is 0 Å². The van der Waals surface area contributed by atoms with Crippen molar-refractivity contribution >= 4 is 44.9 Å². The van der Waals surface area contributed by atoms with Crippen LogP contribution in [-0.2, 0) is 0 Å². The van der Waals surface area contributed by atoms with E-state index in [1.165, 1.54) is 55.2 Å². The van der Waals surface area contributed by atoms with E-state index < -0.39 is 0 Å². The quantitative estimate of drug-likeness (QED) is 0.134. The molecule has 0 saturated carbocycles. The van der Waals surface area contributed by atoms with Crippen LogP contribution in [0.25, 0.3) is 61.7 Å². The van der Waals surface area contributed by atoms with Crippen molar-refractivity contribution in [3.63, 3.8) is 0 Å². The lowest BCUT2D eigenvalue weighted by Gasteiger charge is -2.25. The van der Waals surface area contributed by atoms with Crippen LogP contribution >= 0.6 is 0 Å². The Morgan fingerprint density at radius 3 is 2.09 bits per heavy atom. The summed E-state index contributed by atoms with van der Waals surface area (Å²) in [5.74, 6) is 0. The zero-order chi connectivity index (χ0) is 37.2. The van der Waals surface area contributed by atoms with E-state index in [-0.39, 0.29) is 11.5 Å². The predicted molar refractivity (Wildman–Crippen MR) is 228 cm³/mol. The first-order chi connectivity index (χ1) is 26.5. The monoisotopic (exact) mass is 695 g/mol. The maximum atomic E-state index is 9.32. The van der Waals surface area contributed by atoms with Crippen molar-refractivity contribution in [2.24, 2.45) is 5.41 Å². The molecule has 7 aromatic rings. The molecule has 1 atom stereocenters. The highest BCUT2D eigenvalue weighted by Crippen LogP contribution is 2.45. The molecule has 2 aromatic heterocycles. The van der Waals surface area contributed by atoms with Gasteiger partial charge in [0.05, 0.1) is 39.9 Å². The van der Waals surface area contributed by atoms with E-state index in [1.54, 1.807) is 0 Å². The van der Waals surface area contributed by atoms with Crippen molar-refractivity contribution in [1.82, 2.24) is 9.13 Å². The fourth-order valence-corrected chi connectivity index (χ4v) is 8.10. The molecule has 10 rings (SSSR count). The lowest BCUT2D eigenvalue weighted by Crippen LogP contribution is -2.13. The maximum Gasteiger partial charge on any atom is 0.0991 e. The Morgan fingerprint density at radius 1 is 0.704 bits per heavy atom. The van der Waals surface area contributed by atoms with Gasteiger partial charge in [-0.05, 0) is 89.4 Å². The van der Waals surface area contributed by atoms with Crippen LogP contribution in [0.5, 0.6) is 0 Å². The molecule has 54 heavy (non-hydrogen) atoms. The van der Waals surface area contributed by atoms with E-state index in [4.69, 9.17) is 0 Å². The van der Waals surface area contributed by atoms with Gasteiger partial charge in [-0.15, -0.1) is 18.9 Å². The van der Waals surface area contributed by atoms with Gasteiger partial charge in [-0.25, -0.2) is 0 Å². The first-order valence-electron chi connectivity index (χ1n) is 18.4. The number of para-hydroxylation sites is 1. The van der Waals surface area contributed by atoms with Gasteiger partial charge in [-0.2, -0.15) is 5.26 Å². The Balaban J connectivity index is 0.000000467. The highest BCUT2D eigenvalue weighted by atomic mass is 15.0. The number of nitriles is 1. The second kappa shape index (κ2) is 14.3. The molecule has 3 heteroatoms. The first-order valence-corrected chi connectivity index (χ1v) is 18.4. The number of aromatic nitrogens is 2. The molecule has 1 unspecified atom stereocenters. The molecule has 2 heterocycles. The SMILES string of the molecule is C=C.CC1(C)/C=C\C=C/CC2=CC(n3c4c(c5cc(-c6ccc7c(c6)c6ccccc6n7-c6ccc(C#N)cc6)ccc53)C=C=C4)C=C21.c1ccccc1. The van der Waals surface area contributed by atoms with Gasteiger partial charge in [-0.3, -0.25) is 0 Å². The van der Waals surface area contributed by atoms with Crippen LogP contribution in [-0.4, -0.2) is 9.13 Å². The summed E-state index contributed by atoms with van der Waals surface area (Å²) >= 11 is 0. The minimum absolute atomic E-state index is 0.0133. The second-order valence-corrected chi connectivity index (χ2v) is 14.2. The van der Waals surface area contributed by atoms with Crippen molar-refractivity contribution in [3.8, 4) is 22.9 Å². The Bertz CT molecular complexity index is 2750. The lowest BCUT2D eigenvalue weighted by molar-refractivity contribution is 0.582. The number of allylic oxidation sites excluding steroid dienone is 8. The van der Waals surface area contributed by atoms with E-state index in [1.807, 2.05) is 60.7 Å². The Morgan fingerprint density at radius 2 is 1.37 bits per heavy atom. The molecule has 0 N–H and O–H groups in total. The first kappa shape index (κ1) is 34.2. The van der Waals surface area contributed by atoms with E-state index in [9.17, 15) is 5.26 Å². The van der Waals surface area contributed by atoms with Gasteiger partial charge in [0, 0.05) is 38.9 Å². The third-order valence-electron chi connectivity index (χ3n) is 10.6. The van der Waals surface area contributed by atoms with Crippen LogP contribution in [0.15, 0.2) is 188 Å². The molecule has 0 spiro atoms. The summed E-state index contributed by atoms with van der Waals surface area (Å²) < 4.78 is 4.79. The smallest absolute Gasteiger partial charge is 0.0991 e. The topological polar surface area (TPSA) is 33.6 Å². The van der Waals surface area contributed by atoms with Gasteiger partial charge in [0.15, 0.2) is 0 Å². The minimum atomic E-state index is -0.0133. The molecule has 0 radical (unpaired) electrons. The normalized spacial score (nSPS) is 17.2. The van der Waals surface area contributed by atoms with Gasteiger partial charge in [0.1, 0.15) is 0 Å². The van der Waals surface area contributed by atoms with Crippen molar-refractivity contribution < 1.29 is 0 Å². The number of hydrogen-bond acceptors (Lipinski definition) is 1. The summed E-state index contributed by atoms with van der Waals surface area (Å²) in [6, 6.07) is 44.5. The average Bonchev–Trinajstić information content (AvgIpc) is 4.00. The van der Waals surface area contributed by atoms with Crippen LogP contribution in [0.4, 0.5) is 0 Å². The molecule has 0 saturated heterocycles. The summed E-state index contributed by atoms with van der Waals surface area (Å²) in [6.45, 7) is 10.6. The van der Waals surface area contributed by atoms with Gasteiger partial charge in [0.25, 0.3) is 0 Å². The second-order valence-electron chi connectivity index (χ2n) is 14.2. The zero-order valence-electron chi connectivity index (χ0n) is 30.7. The Kier molecular flexibility index (Phi) is 9.06. The Hall–Kier alpha value is -6.85. The summed E-state index contributed by atoms with van der Waals surface area (Å²) in [5, 5.41) is 13.0. The van der Waals surface area contributed by atoms with Crippen molar-refractivity contribution in [3.05, 3.63) is 205 Å². The number of hydrogen-bond donors (Lipinski definition) is 0. The van der Waals surface area contributed by atoms with Crippen LogP contribution in [0, 0.1) is 16.7 Å².